The average Bonchev–Trinajstić information content (AvgIpc) is 2.73. The lowest BCUT2D eigenvalue weighted by atomic mass is 10.2. The molecule has 0 bridgehead atoms. The topological polar surface area (TPSA) is 63.0 Å². The van der Waals surface area contributed by atoms with E-state index in [1.807, 2.05) is 11.8 Å². The van der Waals surface area contributed by atoms with E-state index in [0.29, 0.717) is 30.4 Å². The highest BCUT2D eigenvalue weighted by Gasteiger charge is 2.08. The fraction of sp³-hybridized carbons (Fsp3) is 0.833. The minimum absolute atomic E-state index is 0.356. The van der Waals surface area contributed by atoms with E-state index in [4.69, 9.17) is 4.42 Å². The van der Waals surface area contributed by atoms with Crippen LogP contribution in [0.1, 0.15) is 33.1 Å². The number of nitrogens with one attached hydrogen (secondary N) is 2. The molecule has 0 saturated heterocycles. The van der Waals surface area contributed by atoms with Crippen molar-refractivity contribution in [3.63, 3.8) is 0 Å². The Bertz CT molecular complexity index is 330. The quantitative estimate of drug-likeness (QED) is 0.719. The first-order valence-corrected chi connectivity index (χ1v) is 7.79. The second-order valence-corrected chi connectivity index (χ2v) is 5.84. The predicted octanol–water partition coefficient (Wildman–Crippen LogP) is 2.37. The van der Waals surface area contributed by atoms with Gasteiger partial charge in [0, 0.05) is 6.04 Å². The number of nitrogens with zero attached hydrogens (tertiary/aromatic N) is 2. The number of thioether (sulfide) groups is 1. The Morgan fingerprint density at radius 3 is 2.72 bits per heavy atom. The third kappa shape index (κ3) is 6.26. The summed E-state index contributed by atoms with van der Waals surface area (Å²) < 4.78 is 5.51. The molecular formula is C12H24N4OS. The molecule has 0 aliphatic carbocycles. The van der Waals surface area contributed by atoms with Crippen molar-refractivity contribution in [3.05, 3.63) is 5.89 Å². The van der Waals surface area contributed by atoms with E-state index in [2.05, 4.69) is 47.9 Å². The van der Waals surface area contributed by atoms with Crippen LogP contribution in [0.4, 0.5) is 6.01 Å². The second-order valence-electron chi connectivity index (χ2n) is 4.85. The zero-order valence-corrected chi connectivity index (χ0v) is 12.5. The Labute approximate surface area is 114 Å². The number of anilines is 1. The summed E-state index contributed by atoms with van der Waals surface area (Å²) >= 11 is 1.84. The summed E-state index contributed by atoms with van der Waals surface area (Å²) in [5, 5.41) is 14.5. The van der Waals surface area contributed by atoms with E-state index < -0.39 is 0 Å². The molecule has 0 saturated carbocycles. The molecule has 1 aromatic rings. The van der Waals surface area contributed by atoms with Crippen LogP contribution in [0.2, 0.25) is 0 Å². The molecule has 18 heavy (non-hydrogen) atoms. The van der Waals surface area contributed by atoms with Crippen molar-refractivity contribution in [2.24, 2.45) is 5.92 Å². The van der Waals surface area contributed by atoms with Gasteiger partial charge in [0.15, 0.2) is 0 Å². The van der Waals surface area contributed by atoms with Gasteiger partial charge in [-0.1, -0.05) is 18.9 Å². The van der Waals surface area contributed by atoms with Crippen molar-refractivity contribution in [1.29, 1.82) is 0 Å². The molecule has 1 unspecified atom stereocenters. The molecule has 2 N–H and O–H groups in total. The van der Waals surface area contributed by atoms with Crippen LogP contribution in [-0.2, 0) is 6.54 Å². The lowest BCUT2D eigenvalue weighted by molar-refractivity contribution is 0.456. The molecule has 0 spiro atoms. The van der Waals surface area contributed by atoms with Crippen molar-refractivity contribution in [2.45, 2.75) is 39.8 Å². The maximum Gasteiger partial charge on any atom is 0.315 e. The van der Waals surface area contributed by atoms with E-state index in [9.17, 15) is 0 Å². The van der Waals surface area contributed by atoms with Gasteiger partial charge in [0.05, 0.1) is 6.54 Å². The summed E-state index contributed by atoms with van der Waals surface area (Å²) in [5.74, 6) is 2.39. The SMILES string of the molecule is CSCCC(C)Nc1nnc(CNCC(C)C)o1. The van der Waals surface area contributed by atoms with Crippen LogP contribution in [0.25, 0.3) is 0 Å². The largest absolute Gasteiger partial charge is 0.407 e. The molecule has 0 aliphatic rings. The van der Waals surface area contributed by atoms with Gasteiger partial charge in [-0.05, 0) is 37.8 Å². The second kappa shape index (κ2) is 8.37. The van der Waals surface area contributed by atoms with Gasteiger partial charge < -0.3 is 15.1 Å². The first kappa shape index (κ1) is 15.3. The molecule has 1 atom stereocenters. The molecule has 1 heterocycles. The van der Waals surface area contributed by atoms with Crippen LogP contribution in [0.3, 0.4) is 0 Å². The fourth-order valence-corrected chi connectivity index (χ4v) is 2.02. The summed E-state index contributed by atoms with van der Waals surface area (Å²) in [4.78, 5) is 0. The molecule has 104 valence electrons. The van der Waals surface area contributed by atoms with Gasteiger partial charge in [0.2, 0.25) is 5.89 Å². The summed E-state index contributed by atoms with van der Waals surface area (Å²) in [6.07, 6.45) is 3.20. The zero-order valence-electron chi connectivity index (χ0n) is 11.7. The van der Waals surface area contributed by atoms with Crippen molar-refractivity contribution in [1.82, 2.24) is 15.5 Å². The fourth-order valence-electron chi connectivity index (χ4n) is 1.43. The average molecular weight is 272 g/mol. The first-order chi connectivity index (χ1) is 8.61. The Kier molecular flexibility index (Phi) is 7.12. The van der Waals surface area contributed by atoms with Gasteiger partial charge in [0.25, 0.3) is 0 Å². The van der Waals surface area contributed by atoms with E-state index in [1.165, 1.54) is 0 Å². The third-order valence-corrected chi connectivity index (χ3v) is 3.06. The molecule has 1 rings (SSSR count). The Morgan fingerprint density at radius 2 is 2.06 bits per heavy atom. The van der Waals surface area contributed by atoms with Gasteiger partial charge in [-0.3, -0.25) is 0 Å². The number of hydrogen-bond acceptors (Lipinski definition) is 6. The van der Waals surface area contributed by atoms with E-state index in [1.54, 1.807) is 0 Å². The highest BCUT2D eigenvalue weighted by atomic mass is 32.2. The molecule has 0 radical (unpaired) electrons. The molecular weight excluding hydrogens is 248 g/mol. The van der Waals surface area contributed by atoms with Crippen molar-refractivity contribution >= 4 is 17.8 Å². The van der Waals surface area contributed by atoms with Crippen molar-refractivity contribution in [3.8, 4) is 0 Å². The summed E-state index contributed by atoms with van der Waals surface area (Å²) in [5.41, 5.74) is 0. The molecule has 5 nitrogen and oxygen atoms in total. The van der Waals surface area contributed by atoms with Gasteiger partial charge in [0.1, 0.15) is 0 Å². The molecule has 6 heteroatoms. The lowest BCUT2D eigenvalue weighted by Crippen LogP contribution is -2.19. The van der Waals surface area contributed by atoms with Crippen molar-refractivity contribution < 1.29 is 4.42 Å². The van der Waals surface area contributed by atoms with E-state index in [0.717, 1.165) is 18.7 Å². The van der Waals surface area contributed by atoms with Crippen molar-refractivity contribution in [2.75, 3.05) is 23.9 Å². The van der Waals surface area contributed by atoms with Crippen LogP contribution in [-0.4, -0.2) is 34.8 Å². The minimum atomic E-state index is 0.356. The van der Waals surface area contributed by atoms with Gasteiger partial charge in [-0.15, -0.1) is 5.10 Å². The van der Waals surface area contributed by atoms with Crippen LogP contribution in [0.15, 0.2) is 4.42 Å². The molecule has 1 aromatic heterocycles. The molecule has 0 fully saturated rings. The highest BCUT2D eigenvalue weighted by molar-refractivity contribution is 7.98. The smallest absolute Gasteiger partial charge is 0.315 e. The summed E-state index contributed by atoms with van der Waals surface area (Å²) in [7, 11) is 0. The predicted molar refractivity (Wildman–Crippen MR) is 76.9 cm³/mol. The zero-order chi connectivity index (χ0) is 13.4. The molecule has 0 amide bonds. The highest BCUT2D eigenvalue weighted by Crippen LogP contribution is 2.09. The lowest BCUT2D eigenvalue weighted by Gasteiger charge is -2.10. The van der Waals surface area contributed by atoms with Crippen LogP contribution >= 0.6 is 11.8 Å². The van der Waals surface area contributed by atoms with E-state index >= 15 is 0 Å². The standard InChI is InChI=1S/C12H24N4OS/c1-9(2)7-13-8-11-15-16-12(17-11)14-10(3)5-6-18-4/h9-10,13H,5-8H2,1-4H3,(H,14,16). The molecule has 0 aliphatic heterocycles. The third-order valence-electron chi connectivity index (χ3n) is 2.42. The summed E-state index contributed by atoms with van der Waals surface area (Å²) in [6, 6.07) is 0.874. The maximum absolute atomic E-state index is 5.51. The number of aromatic nitrogens is 2. The van der Waals surface area contributed by atoms with Gasteiger partial charge >= 0.3 is 6.01 Å². The van der Waals surface area contributed by atoms with Crippen LogP contribution < -0.4 is 10.6 Å². The van der Waals surface area contributed by atoms with Crippen LogP contribution in [0, 0.1) is 5.92 Å². The minimum Gasteiger partial charge on any atom is -0.407 e. The van der Waals surface area contributed by atoms with Crippen LogP contribution in [0.5, 0.6) is 0 Å². The molecule has 0 aromatic carbocycles. The Hall–Kier alpha value is -0.750. The van der Waals surface area contributed by atoms with Gasteiger partial charge in [-0.2, -0.15) is 11.8 Å². The first-order valence-electron chi connectivity index (χ1n) is 6.40. The number of hydrogen-bond donors (Lipinski definition) is 2. The number of rotatable bonds is 9. The normalized spacial score (nSPS) is 12.9. The van der Waals surface area contributed by atoms with E-state index in [-0.39, 0.29) is 0 Å². The Balaban J connectivity index is 2.29. The Morgan fingerprint density at radius 1 is 1.28 bits per heavy atom. The monoisotopic (exact) mass is 272 g/mol. The maximum atomic E-state index is 5.51. The summed E-state index contributed by atoms with van der Waals surface area (Å²) in [6.45, 7) is 8.04. The van der Waals surface area contributed by atoms with Gasteiger partial charge in [-0.25, -0.2) is 0 Å².